The highest BCUT2D eigenvalue weighted by Crippen LogP contribution is 2.41. The summed E-state index contributed by atoms with van der Waals surface area (Å²) in [5, 5.41) is 12.2. The summed E-state index contributed by atoms with van der Waals surface area (Å²) in [5.74, 6) is 0.495. The van der Waals surface area contributed by atoms with Crippen molar-refractivity contribution in [1.29, 1.82) is 0 Å². The van der Waals surface area contributed by atoms with Crippen molar-refractivity contribution >= 4 is 33.7 Å². The van der Waals surface area contributed by atoms with Crippen LogP contribution in [0.1, 0.15) is 17.7 Å². The zero-order valence-corrected chi connectivity index (χ0v) is 20.1. The van der Waals surface area contributed by atoms with Crippen LogP contribution in [0.5, 0.6) is 5.75 Å². The van der Waals surface area contributed by atoms with Crippen molar-refractivity contribution in [2.45, 2.75) is 25.8 Å². The predicted octanol–water partition coefficient (Wildman–Crippen LogP) is 3.55. The first kappa shape index (κ1) is 24.1. The van der Waals surface area contributed by atoms with E-state index in [1.54, 1.807) is 29.8 Å². The van der Waals surface area contributed by atoms with Gasteiger partial charge in [0.05, 0.1) is 41.9 Å². The lowest BCUT2D eigenvalue weighted by Gasteiger charge is -2.29. The summed E-state index contributed by atoms with van der Waals surface area (Å²) in [6.45, 7) is 4.73. The van der Waals surface area contributed by atoms with E-state index in [1.807, 2.05) is 6.92 Å². The summed E-state index contributed by atoms with van der Waals surface area (Å²) in [6.07, 6.45) is 6.81. The molecule has 1 aliphatic rings. The molecule has 0 radical (unpaired) electrons. The number of aryl methyl sites for hydroxylation is 1. The Morgan fingerprint density at radius 3 is 2.91 bits per heavy atom. The highest BCUT2D eigenvalue weighted by atomic mass is 32.1. The molecule has 0 saturated carbocycles. The van der Waals surface area contributed by atoms with E-state index >= 15 is 0 Å². The topological polar surface area (TPSA) is 109 Å². The van der Waals surface area contributed by atoms with E-state index in [0.717, 1.165) is 52.2 Å². The Hall–Kier alpha value is -3.08. The molecule has 0 atom stereocenters. The molecular formula is C24H29FN6O2S. The molecule has 180 valence electrons. The maximum absolute atomic E-state index is 13.7. The number of fused-ring (bicyclic) bond motifs is 1. The Kier molecular flexibility index (Phi) is 7.71. The number of halogens is 1. The molecule has 2 aromatic heterocycles. The largest absolute Gasteiger partial charge is 0.496 e. The summed E-state index contributed by atoms with van der Waals surface area (Å²) in [6, 6.07) is 4.72. The van der Waals surface area contributed by atoms with Crippen LogP contribution in [0.25, 0.3) is 21.3 Å². The number of hydrogen-bond donors (Lipinski definition) is 3. The average molecular weight is 485 g/mol. The molecule has 1 fully saturated rings. The zero-order chi connectivity index (χ0) is 24.1. The Balaban J connectivity index is 1.54. The van der Waals surface area contributed by atoms with Crippen molar-refractivity contribution in [2.75, 3.05) is 38.7 Å². The van der Waals surface area contributed by atoms with Crippen LogP contribution in [-0.4, -0.2) is 65.6 Å². The van der Waals surface area contributed by atoms with Crippen LogP contribution < -0.4 is 15.8 Å². The van der Waals surface area contributed by atoms with Gasteiger partial charge in [0.2, 0.25) is 5.95 Å². The van der Waals surface area contributed by atoms with Crippen LogP contribution in [0, 0.1) is 12.7 Å². The lowest BCUT2D eigenvalue weighted by atomic mass is 10.0. The summed E-state index contributed by atoms with van der Waals surface area (Å²) in [4.78, 5) is 17.1. The van der Waals surface area contributed by atoms with Crippen molar-refractivity contribution < 1.29 is 14.2 Å². The van der Waals surface area contributed by atoms with E-state index in [0.29, 0.717) is 23.9 Å². The lowest BCUT2D eigenvalue weighted by molar-refractivity contribution is 0.165. The molecule has 4 rings (SSSR count). The van der Waals surface area contributed by atoms with Gasteiger partial charge in [-0.3, -0.25) is 4.99 Å². The van der Waals surface area contributed by atoms with Crippen molar-refractivity contribution in [3.05, 3.63) is 47.0 Å². The SMILES string of the molecule is COc1cc(F)ccc1-c1c(C)sc2cnc(NC(C=NC3CCN(CCO)CC3)=CN)nc12. The number of nitrogens with two attached hydrogens (primary N) is 1. The Labute approximate surface area is 202 Å². The number of benzene rings is 1. The fourth-order valence-corrected chi connectivity index (χ4v) is 5.11. The fourth-order valence-electron chi connectivity index (χ4n) is 4.12. The van der Waals surface area contributed by atoms with Gasteiger partial charge in [0.25, 0.3) is 0 Å². The molecule has 8 nitrogen and oxygen atoms in total. The number of β-amino-alcohol motifs (C(OH)–C–C–N with tert-alkyl or cyclic N) is 1. The summed E-state index contributed by atoms with van der Waals surface area (Å²) < 4.78 is 20.1. The first-order valence-corrected chi connectivity index (χ1v) is 12.0. The van der Waals surface area contributed by atoms with E-state index in [-0.39, 0.29) is 18.5 Å². The van der Waals surface area contributed by atoms with Crippen LogP contribution >= 0.6 is 11.3 Å². The van der Waals surface area contributed by atoms with Gasteiger partial charge in [0.1, 0.15) is 11.6 Å². The Morgan fingerprint density at radius 1 is 1.41 bits per heavy atom. The van der Waals surface area contributed by atoms with Crippen LogP contribution in [-0.2, 0) is 0 Å². The van der Waals surface area contributed by atoms with Gasteiger partial charge >= 0.3 is 0 Å². The van der Waals surface area contributed by atoms with E-state index in [9.17, 15) is 4.39 Å². The third-order valence-corrected chi connectivity index (χ3v) is 6.90. The number of rotatable bonds is 8. The van der Waals surface area contributed by atoms with Crippen molar-refractivity contribution in [1.82, 2.24) is 14.9 Å². The summed E-state index contributed by atoms with van der Waals surface area (Å²) >= 11 is 1.58. The number of aliphatic hydroxyl groups is 1. The average Bonchev–Trinajstić information content (AvgIpc) is 3.17. The van der Waals surface area contributed by atoms with Gasteiger partial charge in [-0.05, 0) is 31.9 Å². The first-order chi connectivity index (χ1) is 16.5. The number of anilines is 1. The molecule has 0 unspecified atom stereocenters. The number of nitrogens with zero attached hydrogens (tertiary/aromatic N) is 4. The van der Waals surface area contributed by atoms with Gasteiger partial charge in [0.15, 0.2) is 0 Å². The second-order valence-electron chi connectivity index (χ2n) is 8.11. The molecule has 0 aliphatic carbocycles. The smallest absolute Gasteiger partial charge is 0.227 e. The maximum atomic E-state index is 13.7. The molecule has 1 saturated heterocycles. The number of nitrogens with one attached hydrogen (secondary N) is 1. The van der Waals surface area contributed by atoms with Crippen LogP contribution in [0.15, 0.2) is 41.3 Å². The third-order valence-electron chi connectivity index (χ3n) is 5.87. The number of piperidine rings is 1. The molecule has 0 spiro atoms. The van der Waals surface area contributed by atoms with Crippen LogP contribution in [0.2, 0.25) is 0 Å². The lowest BCUT2D eigenvalue weighted by Crippen LogP contribution is -2.37. The van der Waals surface area contributed by atoms with E-state index in [1.165, 1.54) is 25.4 Å². The van der Waals surface area contributed by atoms with E-state index in [4.69, 9.17) is 20.6 Å². The number of methoxy groups -OCH3 is 1. The number of likely N-dealkylation sites (tertiary alicyclic amines) is 1. The number of aromatic nitrogens is 2. The van der Waals surface area contributed by atoms with Gasteiger partial charge in [0, 0.05) is 54.1 Å². The van der Waals surface area contributed by atoms with Crippen LogP contribution in [0.3, 0.4) is 0 Å². The number of ether oxygens (including phenoxy) is 1. The highest BCUT2D eigenvalue weighted by Gasteiger charge is 2.19. The van der Waals surface area contributed by atoms with Crippen LogP contribution in [0.4, 0.5) is 10.3 Å². The van der Waals surface area contributed by atoms with Crippen molar-refractivity contribution in [3.63, 3.8) is 0 Å². The number of thiophene rings is 1. The first-order valence-electron chi connectivity index (χ1n) is 11.2. The molecule has 3 heterocycles. The summed E-state index contributed by atoms with van der Waals surface area (Å²) in [5.41, 5.74) is 8.86. The Bertz CT molecular complexity index is 1200. The molecule has 1 aliphatic heterocycles. The molecule has 0 bridgehead atoms. The minimum Gasteiger partial charge on any atom is -0.496 e. The summed E-state index contributed by atoms with van der Waals surface area (Å²) in [7, 11) is 1.53. The van der Waals surface area contributed by atoms with Gasteiger partial charge < -0.3 is 25.8 Å². The van der Waals surface area contributed by atoms with Gasteiger partial charge in [-0.2, -0.15) is 0 Å². The third kappa shape index (κ3) is 5.35. The fraction of sp³-hybridized carbons (Fsp3) is 0.375. The highest BCUT2D eigenvalue weighted by molar-refractivity contribution is 7.19. The molecular weight excluding hydrogens is 455 g/mol. The second-order valence-corrected chi connectivity index (χ2v) is 9.36. The number of hydrogen-bond acceptors (Lipinski definition) is 9. The molecule has 1 aromatic carbocycles. The number of aliphatic hydroxyl groups excluding tert-OH is 1. The van der Waals surface area contributed by atoms with Crippen molar-refractivity contribution in [3.8, 4) is 16.9 Å². The number of aliphatic imine (C=N–C) groups is 1. The molecule has 0 amide bonds. The predicted molar refractivity (Wildman–Crippen MR) is 135 cm³/mol. The van der Waals surface area contributed by atoms with Gasteiger partial charge in [-0.25, -0.2) is 14.4 Å². The Morgan fingerprint density at radius 2 is 2.21 bits per heavy atom. The zero-order valence-electron chi connectivity index (χ0n) is 19.3. The molecule has 4 N–H and O–H groups in total. The van der Waals surface area contributed by atoms with E-state index in [2.05, 4.69) is 20.2 Å². The number of allylic oxidation sites excluding steroid dienone is 1. The molecule has 34 heavy (non-hydrogen) atoms. The molecule has 3 aromatic rings. The minimum absolute atomic E-state index is 0.182. The standard InChI is InChI=1S/C24H29FN6O2S/c1-15-22(19-4-3-16(25)11-20(19)33-2)23-21(34-15)14-28-24(30-23)29-18(12-26)13-27-17-5-7-31(8-6-17)9-10-32/h3-4,11-14,17,32H,5-10,26H2,1-2H3,(H,28,29,30). The second kappa shape index (κ2) is 10.9. The normalized spacial score (nSPS) is 15.9. The maximum Gasteiger partial charge on any atom is 0.227 e. The van der Waals surface area contributed by atoms with Gasteiger partial charge in [-0.1, -0.05) is 0 Å². The minimum atomic E-state index is -0.356. The molecule has 10 heteroatoms. The van der Waals surface area contributed by atoms with Gasteiger partial charge in [-0.15, -0.1) is 11.3 Å². The quantitative estimate of drug-likeness (QED) is 0.420. The van der Waals surface area contributed by atoms with Crippen molar-refractivity contribution in [2.24, 2.45) is 10.7 Å². The monoisotopic (exact) mass is 484 g/mol. The van der Waals surface area contributed by atoms with E-state index < -0.39 is 0 Å².